The summed E-state index contributed by atoms with van der Waals surface area (Å²) in [6, 6.07) is 20.0. The number of hydrogen-bond acceptors (Lipinski definition) is 7. The van der Waals surface area contributed by atoms with E-state index in [0.29, 0.717) is 11.0 Å². The minimum atomic E-state index is -0.222. The highest BCUT2D eigenvalue weighted by atomic mass is 32.2. The van der Waals surface area contributed by atoms with Crippen LogP contribution in [0.4, 0.5) is 5.69 Å². The average molecular weight is 500 g/mol. The van der Waals surface area contributed by atoms with Gasteiger partial charge in [-0.15, -0.1) is 10.2 Å². The van der Waals surface area contributed by atoms with Crippen LogP contribution in [0.15, 0.2) is 83.3 Å². The first-order chi connectivity index (χ1) is 17.6. The second-order valence-corrected chi connectivity index (χ2v) is 9.00. The van der Waals surface area contributed by atoms with Crippen LogP contribution in [0.5, 0.6) is 0 Å². The summed E-state index contributed by atoms with van der Waals surface area (Å²) in [5.41, 5.74) is 7.66. The maximum absolute atomic E-state index is 12.5. The summed E-state index contributed by atoms with van der Waals surface area (Å²) in [6.07, 6.45) is 5.09. The number of hydrazone groups is 1. The molecule has 8 nitrogen and oxygen atoms in total. The van der Waals surface area contributed by atoms with Crippen molar-refractivity contribution in [3.8, 4) is 17.1 Å². The van der Waals surface area contributed by atoms with Crippen LogP contribution < -0.4 is 10.3 Å². The highest BCUT2D eigenvalue weighted by molar-refractivity contribution is 7.99. The number of aryl methyl sites for hydroxylation is 1. The summed E-state index contributed by atoms with van der Waals surface area (Å²) >= 11 is 1.31. The van der Waals surface area contributed by atoms with Gasteiger partial charge < -0.3 is 4.90 Å². The summed E-state index contributed by atoms with van der Waals surface area (Å²) in [6.45, 7) is 8.23. The lowest BCUT2D eigenvalue weighted by atomic mass is 10.2. The number of nitrogens with one attached hydrogen (secondary N) is 1. The molecule has 4 rings (SSSR count). The van der Waals surface area contributed by atoms with Crippen molar-refractivity contribution in [3.05, 3.63) is 84.2 Å². The molecule has 0 aliphatic carbocycles. The Morgan fingerprint density at radius 1 is 1.00 bits per heavy atom. The minimum absolute atomic E-state index is 0.151. The monoisotopic (exact) mass is 499 g/mol. The zero-order valence-corrected chi connectivity index (χ0v) is 21.4. The second-order valence-electron chi connectivity index (χ2n) is 8.06. The van der Waals surface area contributed by atoms with Crippen LogP contribution in [0.2, 0.25) is 0 Å². The maximum atomic E-state index is 12.5. The maximum Gasteiger partial charge on any atom is 0.250 e. The zero-order valence-electron chi connectivity index (χ0n) is 20.6. The molecule has 0 fully saturated rings. The van der Waals surface area contributed by atoms with Crippen LogP contribution in [0.3, 0.4) is 0 Å². The number of benzene rings is 2. The van der Waals surface area contributed by atoms with Crippen LogP contribution in [0, 0.1) is 6.92 Å². The summed E-state index contributed by atoms with van der Waals surface area (Å²) in [7, 11) is 0. The minimum Gasteiger partial charge on any atom is -0.372 e. The third kappa shape index (κ3) is 6.17. The predicted octanol–water partition coefficient (Wildman–Crippen LogP) is 4.73. The van der Waals surface area contributed by atoms with E-state index in [4.69, 9.17) is 0 Å². The van der Waals surface area contributed by atoms with E-state index in [1.807, 2.05) is 60.0 Å². The SMILES string of the molecule is CCN(CC)c1ccc(C=NNC(=O)CSc2nnc(-c3ccncc3)n2-c2ccc(C)cc2)cc1. The van der Waals surface area contributed by atoms with Crippen molar-refractivity contribution in [2.24, 2.45) is 5.10 Å². The van der Waals surface area contributed by atoms with Gasteiger partial charge in [0.1, 0.15) is 0 Å². The quantitative estimate of drug-likeness (QED) is 0.193. The predicted molar refractivity (Wildman–Crippen MR) is 146 cm³/mol. The summed E-state index contributed by atoms with van der Waals surface area (Å²) in [5.74, 6) is 0.619. The molecule has 0 spiro atoms. The zero-order chi connectivity index (χ0) is 25.3. The van der Waals surface area contributed by atoms with E-state index in [-0.39, 0.29) is 11.7 Å². The van der Waals surface area contributed by atoms with Crippen LogP contribution in [-0.2, 0) is 4.79 Å². The van der Waals surface area contributed by atoms with Crippen LogP contribution in [0.25, 0.3) is 17.1 Å². The number of amides is 1. The molecule has 36 heavy (non-hydrogen) atoms. The number of rotatable bonds is 10. The van der Waals surface area contributed by atoms with Crippen molar-refractivity contribution in [3.63, 3.8) is 0 Å². The summed E-state index contributed by atoms with van der Waals surface area (Å²) < 4.78 is 1.95. The molecule has 0 aliphatic heterocycles. The second kappa shape index (κ2) is 12.1. The van der Waals surface area contributed by atoms with E-state index < -0.39 is 0 Å². The van der Waals surface area contributed by atoms with Crippen LogP contribution in [0.1, 0.15) is 25.0 Å². The van der Waals surface area contributed by atoms with Gasteiger partial charge in [-0.25, -0.2) is 5.43 Å². The molecule has 0 bridgehead atoms. The van der Waals surface area contributed by atoms with Crippen molar-refractivity contribution in [2.45, 2.75) is 25.9 Å². The third-order valence-corrected chi connectivity index (χ3v) is 6.55. The lowest BCUT2D eigenvalue weighted by Crippen LogP contribution is -2.21. The van der Waals surface area contributed by atoms with Gasteiger partial charge in [0.05, 0.1) is 12.0 Å². The molecule has 9 heteroatoms. The van der Waals surface area contributed by atoms with Gasteiger partial charge in [0.25, 0.3) is 5.91 Å². The van der Waals surface area contributed by atoms with E-state index in [1.165, 1.54) is 17.4 Å². The molecule has 0 radical (unpaired) electrons. The lowest BCUT2D eigenvalue weighted by molar-refractivity contribution is -0.118. The van der Waals surface area contributed by atoms with Crippen LogP contribution >= 0.6 is 11.8 Å². The standard InChI is InChI=1S/C27H29N7OS/c1-4-33(5-2)23-12-8-21(9-13-23)18-29-30-25(35)19-36-27-32-31-26(22-14-16-28-17-15-22)34(27)24-10-6-20(3)7-11-24/h6-18H,4-5,19H2,1-3H3,(H,30,35). The number of nitrogens with zero attached hydrogens (tertiary/aromatic N) is 6. The van der Waals surface area contributed by atoms with Gasteiger partial charge in [-0.1, -0.05) is 41.6 Å². The molecule has 2 heterocycles. The van der Waals surface area contributed by atoms with E-state index in [0.717, 1.165) is 35.5 Å². The lowest BCUT2D eigenvalue weighted by Gasteiger charge is -2.20. The molecule has 0 atom stereocenters. The topological polar surface area (TPSA) is 88.3 Å². The van der Waals surface area contributed by atoms with Gasteiger partial charge in [0.15, 0.2) is 11.0 Å². The van der Waals surface area contributed by atoms with Gasteiger partial charge in [0.2, 0.25) is 0 Å². The Hall–Kier alpha value is -3.98. The Morgan fingerprint density at radius 3 is 2.36 bits per heavy atom. The first kappa shape index (κ1) is 25.1. The molecular weight excluding hydrogens is 470 g/mol. The number of anilines is 1. The number of carbonyl (C=O) groups excluding carboxylic acids is 1. The molecular formula is C27H29N7OS. The van der Waals surface area contributed by atoms with Gasteiger partial charge in [-0.3, -0.25) is 14.3 Å². The molecule has 184 valence electrons. The fourth-order valence-electron chi connectivity index (χ4n) is 3.68. The summed E-state index contributed by atoms with van der Waals surface area (Å²) in [5, 5.41) is 13.5. The van der Waals surface area contributed by atoms with Crippen molar-refractivity contribution >= 4 is 29.6 Å². The number of thioether (sulfide) groups is 1. The number of hydrogen-bond donors (Lipinski definition) is 1. The molecule has 2 aromatic heterocycles. The Balaban J connectivity index is 1.42. The Morgan fingerprint density at radius 2 is 1.69 bits per heavy atom. The molecule has 0 unspecified atom stereocenters. The van der Waals surface area contributed by atoms with Crippen molar-refractivity contribution in [2.75, 3.05) is 23.7 Å². The average Bonchev–Trinajstić information content (AvgIpc) is 3.34. The van der Waals surface area contributed by atoms with E-state index in [2.05, 4.69) is 56.6 Å². The fourth-order valence-corrected chi connectivity index (χ4v) is 4.42. The Bertz CT molecular complexity index is 1300. The molecule has 1 N–H and O–H groups in total. The van der Waals surface area contributed by atoms with Crippen molar-refractivity contribution in [1.82, 2.24) is 25.2 Å². The molecule has 1 amide bonds. The molecule has 0 aliphatic rings. The molecule has 2 aromatic carbocycles. The number of pyridine rings is 1. The smallest absolute Gasteiger partial charge is 0.250 e. The van der Waals surface area contributed by atoms with Gasteiger partial charge in [0, 0.05) is 42.4 Å². The molecule has 0 saturated carbocycles. The first-order valence-corrected chi connectivity index (χ1v) is 12.8. The third-order valence-electron chi connectivity index (χ3n) is 5.62. The number of carbonyl (C=O) groups is 1. The Labute approximate surface area is 215 Å². The fraction of sp³-hybridized carbons (Fsp3) is 0.222. The van der Waals surface area contributed by atoms with E-state index in [9.17, 15) is 4.79 Å². The highest BCUT2D eigenvalue weighted by Crippen LogP contribution is 2.27. The molecule has 4 aromatic rings. The van der Waals surface area contributed by atoms with Crippen molar-refractivity contribution in [1.29, 1.82) is 0 Å². The first-order valence-electron chi connectivity index (χ1n) is 11.8. The highest BCUT2D eigenvalue weighted by Gasteiger charge is 2.17. The largest absolute Gasteiger partial charge is 0.372 e. The number of aromatic nitrogens is 4. The van der Waals surface area contributed by atoms with E-state index in [1.54, 1.807) is 18.6 Å². The van der Waals surface area contributed by atoms with Gasteiger partial charge in [-0.2, -0.15) is 5.10 Å². The summed E-state index contributed by atoms with van der Waals surface area (Å²) in [4.78, 5) is 18.8. The Kier molecular flexibility index (Phi) is 8.46. The molecule has 0 saturated heterocycles. The van der Waals surface area contributed by atoms with Gasteiger partial charge >= 0.3 is 0 Å². The van der Waals surface area contributed by atoms with Crippen molar-refractivity contribution < 1.29 is 4.79 Å². The van der Waals surface area contributed by atoms with Gasteiger partial charge in [-0.05, 0) is 62.7 Å². The normalized spacial score (nSPS) is 11.1. The van der Waals surface area contributed by atoms with Crippen LogP contribution in [-0.4, -0.2) is 50.7 Å². The van der Waals surface area contributed by atoms with E-state index >= 15 is 0 Å².